The Morgan fingerprint density at radius 3 is 2.20 bits per heavy atom. The molecule has 0 aromatic carbocycles. The number of methoxy groups -OCH3 is 1. The zero-order valence-corrected chi connectivity index (χ0v) is 10.4. The second-order valence-corrected chi connectivity index (χ2v) is 7.42. The van der Waals surface area contributed by atoms with Crippen molar-refractivity contribution in [2.24, 2.45) is 0 Å². The molecule has 0 aromatic rings. The Morgan fingerprint density at radius 1 is 1.70 bits per heavy atom. The van der Waals surface area contributed by atoms with Crippen molar-refractivity contribution in [1.29, 1.82) is 0 Å². The minimum absolute atomic E-state index is 0.441. The third-order valence-corrected chi connectivity index (χ3v) is 4.38. The third-order valence-electron chi connectivity index (χ3n) is 0.696. The van der Waals surface area contributed by atoms with Crippen LogP contribution in [0.15, 0.2) is 0 Å². The number of hydrogen-bond donors (Lipinski definition) is 0. The van der Waals surface area contributed by atoms with Crippen LogP contribution in [0.25, 0.3) is 0 Å². The van der Waals surface area contributed by atoms with Gasteiger partial charge in [0.05, 0.1) is 7.11 Å². The van der Waals surface area contributed by atoms with Gasteiger partial charge in [0.1, 0.15) is 0 Å². The maximum absolute atomic E-state index is 10.7. The largest absolute Gasteiger partial charge is 0.468 e. The second-order valence-electron chi connectivity index (χ2n) is 1.43. The molecule has 1 atom stereocenters. The topological polar surface area (TPSA) is 26.3 Å². The maximum Gasteiger partial charge on any atom is 0.323 e. The first-order valence-electron chi connectivity index (χ1n) is 2.18. The first-order chi connectivity index (χ1) is 4.39. The van der Waals surface area contributed by atoms with Crippen LogP contribution in [0.1, 0.15) is 0 Å². The van der Waals surface area contributed by atoms with Gasteiger partial charge in [-0.15, -0.1) is 0 Å². The predicted molar refractivity (Wildman–Crippen MR) is 51.2 cm³/mol. The van der Waals surface area contributed by atoms with E-state index in [2.05, 4.69) is 52.5 Å². The highest BCUT2D eigenvalue weighted by Crippen LogP contribution is 2.39. The zero-order valence-electron chi connectivity index (χ0n) is 4.91. The van der Waals surface area contributed by atoms with Gasteiger partial charge in [-0.3, -0.25) is 4.79 Å². The molecule has 0 aliphatic carbocycles. The number of alkyl halides is 4. The molecule has 60 valence electrons. The fourth-order valence-corrected chi connectivity index (χ4v) is 0.887. The molecule has 1 unspecified atom stereocenters. The van der Waals surface area contributed by atoms with Crippen molar-refractivity contribution < 1.29 is 9.53 Å². The molecule has 0 aliphatic heterocycles. The van der Waals surface area contributed by atoms with Gasteiger partial charge < -0.3 is 4.74 Å². The molecule has 6 heteroatoms. The SMILES string of the molecule is COC(=O)C(Br)C(Cl)(Br)Br. The van der Waals surface area contributed by atoms with Crippen LogP contribution in [0.5, 0.6) is 0 Å². The Labute approximate surface area is 89.0 Å². The molecule has 0 amide bonds. The van der Waals surface area contributed by atoms with Gasteiger partial charge in [0.2, 0.25) is 0 Å². The highest BCUT2D eigenvalue weighted by atomic mass is 79.9. The van der Waals surface area contributed by atoms with E-state index in [1.165, 1.54) is 7.11 Å². The lowest BCUT2D eigenvalue weighted by Crippen LogP contribution is -2.28. The summed E-state index contributed by atoms with van der Waals surface area (Å²) in [6, 6.07) is 0. The molecule has 0 fully saturated rings. The lowest BCUT2D eigenvalue weighted by Gasteiger charge is -2.15. The summed E-state index contributed by atoms with van der Waals surface area (Å²) >= 11 is 14.7. The van der Waals surface area contributed by atoms with Gasteiger partial charge in [-0.1, -0.05) is 59.4 Å². The average Bonchev–Trinajstić information content (AvgIpc) is 1.83. The molecule has 0 aliphatic rings. The van der Waals surface area contributed by atoms with Gasteiger partial charge >= 0.3 is 5.97 Å². The average molecular weight is 359 g/mol. The molecule has 0 spiro atoms. The number of hydrogen-bond acceptors (Lipinski definition) is 2. The fraction of sp³-hybridized carbons (Fsp3) is 0.750. The van der Waals surface area contributed by atoms with Gasteiger partial charge in [-0.05, 0) is 0 Å². The molecule has 0 heterocycles. The monoisotopic (exact) mass is 356 g/mol. The van der Waals surface area contributed by atoms with Gasteiger partial charge in [0, 0.05) is 0 Å². The van der Waals surface area contributed by atoms with Gasteiger partial charge in [0.15, 0.2) is 7.52 Å². The summed E-state index contributed by atoms with van der Waals surface area (Å²) in [4.78, 5) is 10.1. The van der Waals surface area contributed by atoms with Crippen LogP contribution >= 0.6 is 59.4 Å². The van der Waals surface area contributed by atoms with Crippen LogP contribution in [0.2, 0.25) is 0 Å². The van der Waals surface area contributed by atoms with Crippen molar-refractivity contribution in [3.8, 4) is 0 Å². The summed E-state index contributed by atoms with van der Waals surface area (Å²) in [5.41, 5.74) is 0. The first kappa shape index (κ1) is 11.2. The van der Waals surface area contributed by atoms with Crippen molar-refractivity contribution in [3.63, 3.8) is 0 Å². The Kier molecular flexibility index (Phi) is 4.80. The summed E-state index contributed by atoms with van der Waals surface area (Å²) < 4.78 is 3.43. The summed E-state index contributed by atoms with van der Waals surface area (Å²) in [5.74, 6) is -0.441. The van der Waals surface area contributed by atoms with Crippen LogP contribution in [0.3, 0.4) is 0 Å². The maximum atomic E-state index is 10.7. The van der Waals surface area contributed by atoms with E-state index >= 15 is 0 Å². The number of rotatable bonds is 2. The Bertz CT molecular complexity index is 133. The molecule has 0 bridgehead atoms. The molecular formula is C4H4Br3ClO2. The van der Waals surface area contributed by atoms with E-state index in [9.17, 15) is 4.79 Å². The van der Waals surface area contributed by atoms with Crippen LogP contribution in [-0.2, 0) is 9.53 Å². The van der Waals surface area contributed by atoms with Crippen LogP contribution in [-0.4, -0.2) is 20.6 Å². The van der Waals surface area contributed by atoms with E-state index in [1.807, 2.05) is 0 Å². The number of ether oxygens (including phenoxy) is 1. The first-order valence-corrected chi connectivity index (χ1v) is 5.06. The van der Waals surface area contributed by atoms with Crippen molar-refractivity contribution in [2.45, 2.75) is 7.52 Å². The Balaban J connectivity index is 4.08. The number of carbonyl (C=O) groups is 1. The highest BCUT2D eigenvalue weighted by molar-refractivity contribution is 9.27. The standard InChI is InChI=1S/C4H4Br3ClO2/c1-10-3(9)2(5)4(6,7)8/h2H,1H3. The van der Waals surface area contributed by atoms with Crippen molar-refractivity contribution >= 4 is 65.4 Å². The Hall–Kier alpha value is 1.20. The molecular weight excluding hydrogens is 355 g/mol. The lowest BCUT2D eigenvalue weighted by molar-refractivity contribution is -0.139. The molecule has 10 heavy (non-hydrogen) atoms. The van der Waals surface area contributed by atoms with Crippen molar-refractivity contribution in [1.82, 2.24) is 0 Å². The van der Waals surface area contributed by atoms with Gasteiger partial charge in [-0.25, -0.2) is 0 Å². The predicted octanol–water partition coefficient (Wildman–Crippen LogP) is 2.61. The fourth-order valence-electron chi connectivity index (χ4n) is 0.237. The summed E-state index contributed by atoms with van der Waals surface area (Å²) in [6.45, 7) is 0. The number of carbonyl (C=O) groups excluding carboxylic acids is 1. The number of esters is 1. The third kappa shape index (κ3) is 3.55. The van der Waals surface area contributed by atoms with E-state index in [4.69, 9.17) is 11.6 Å². The molecule has 0 saturated carbocycles. The molecule has 0 N–H and O–H groups in total. The van der Waals surface area contributed by atoms with Gasteiger partial charge in [-0.2, -0.15) is 0 Å². The van der Waals surface area contributed by atoms with Crippen molar-refractivity contribution in [3.05, 3.63) is 0 Å². The number of halogens is 4. The molecule has 0 aromatic heterocycles. The highest BCUT2D eigenvalue weighted by Gasteiger charge is 2.35. The zero-order chi connectivity index (χ0) is 8.36. The van der Waals surface area contributed by atoms with Crippen LogP contribution in [0.4, 0.5) is 0 Å². The van der Waals surface area contributed by atoms with Crippen LogP contribution in [0, 0.1) is 0 Å². The smallest absolute Gasteiger partial charge is 0.323 e. The molecule has 2 nitrogen and oxygen atoms in total. The molecule has 0 saturated heterocycles. The minimum atomic E-state index is -0.979. The second kappa shape index (κ2) is 4.28. The quantitative estimate of drug-likeness (QED) is 0.560. The summed E-state index contributed by atoms with van der Waals surface area (Å²) in [5, 5.41) is 0. The van der Waals surface area contributed by atoms with E-state index in [-0.39, 0.29) is 0 Å². The normalized spacial score (nSPS) is 14.5. The van der Waals surface area contributed by atoms with Crippen LogP contribution < -0.4 is 0 Å². The Morgan fingerprint density at radius 2 is 2.10 bits per heavy atom. The lowest BCUT2D eigenvalue weighted by atomic mass is 10.5. The van der Waals surface area contributed by atoms with E-state index in [0.717, 1.165) is 0 Å². The van der Waals surface area contributed by atoms with E-state index in [0.29, 0.717) is 0 Å². The molecule has 0 rings (SSSR count). The summed E-state index contributed by atoms with van der Waals surface area (Å²) in [6.07, 6.45) is 0. The minimum Gasteiger partial charge on any atom is -0.468 e. The van der Waals surface area contributed by atoms with Gasteiger partial charge in [0.25, 0.3) is 0 Å². The van der Waals surface area contributed by atoms with Crippen molar-refractivity contribution in [2.75, 3.05) is 7.11 Å². The molecule has 0 radical (unpaired) electrons. The summed E-state index contributed by atoms with van der Waals surface area (Å²) in [7, 11) is 1.29. The van der Waals surface area contributed by atoms with E-state index in [1.54, 1.807) is 0 Å². The van der Waals surface area contributed by atoms with E-state index < -0.39 is 13.5 Å².